The van der Waals surface area contributed by atoms with Crippen molar-refractivity contribution >= 4 is 17.7 Å². The van der Waals surface area contributed by atoms with Gasteiger partial charge in [0.1, 0.15) is 4.75 Å². The molecule has 0 saturated heterocycles. The molecule has 0 bridgehead atoms. The summed E-state index contributed by atoms with van der Waals surface area (Å²) in [5.41, 5.74) is 0. The van der Waals surface area contributed by atoms with Crippen molar-refractivity contribution in [1.82, 2.24) is 0 Å². The zero-order chi connectivity index (χ0) is 6.20. The summed E-state index contributed by atoms with van der Waals surface area (Å²) in [7, 11) is 0. The fraction of sp³-hybridized carbons (Fsp3) is 0.800. The van der Waals surface area contributed by atoms with Gasteiger partial charge in [-0.2, -0.15) is 0 Å². The average Bonchev–Trinajstić information content (AvgIpc) is 2.44. The van der Waals surface area contributed by atoms with E-state index in [2.05, 4.69) is 0 Å². The molecule has 8 heavy (non-hydrogen) atoms. The second-order valence-electron chi connectivity index (χ2n) is 2.00. The maximum absolute atomic E-state index is 10.3. The molecule has 1 rings (SSSR count). The Labute approximate surface area is 52.3 Å². The smallest absolute Gasteiger partial charge is 0.319 e. The zero-order valence-electron chi connectivity index (χ0n) is 4.68. The molecule has 46 valence electrons. The Hall–Kier alpha value is -0.180. The minimum Gasteiger partial charge on any atom is -0.480 e. The summed E-state index contributed by atoms with van der Waals surface area (Å²) in [6.07, 6.45) is 3.55. The van der Waals surface area contributed by atoms with Crippen LogP contribution in [0.3, 0.4) is 0 Å². The third-order valence-corrected chi connectivity index (χ3v) is 2.85. The van der Waals surface area contributed by atoms with Crippen LogP contribution in [0.5, 0.6) is 0 Å². The van der Waals surface area contributed by atoms with Crippen molar-refractivity contribution in [3.05, 3.63) is 0 Å². The first kappa shape index (κ1) is 5.95. The summed E-state index contributed by atoms with van der Waals surface area (Å²) >= 11 is 1.45. The monoisotopic (exact) mass is 132 g/mol. The lowest BCUT2D eigenvalue weighted by Gasteiger charge is -2.01. The number of rotatable bonds is 2. The summed E-state index contributed by atoms with van der Waals surface area (Å²) in [4.78, 5) is 10.3. The fourth-order valence-electron chi connectivity index (χ4n) is 0.619. The number of hydrogen-bond acceptors (Lipinski definition) is 2. The van der Waals surface area contributed by atoms with E-state index in [4.69, 9.17) is 5.11 Å². The molecule has 0 atom stereocenters. The molecule has 0 heterocycles. The molecule has 1 aliphatic carbocycles. The van der Waals surface area contributed by atoms with E-state index in [0.717, 1.165) is 12.8 Å². The largest absolute Gasteiger partial charge is 0.480 e. The number of hydrogen-bond donors (Lipinski definition) is 1. The second kappa shape index (κ2) is 1.65. The van der Waals surface area contributed by atoms with Crippen LogP contribution in [-0.2, 0) is 4.79 Å². The lowest BCUT2D eigenvalue weighted by Crippen LogP contribution is -2.16. The maximum Gasteiger partial charge on any atom is 0.319 e. The maximum atomic E-state index is 10.3. The Morgan fingerprint density at radius 2 is 2.25 bits per heavy atom. The van der Waals surface area contributed by atoms with E-state index in [9.17, 15) is 4.79 Å². The van der Waals surface area contributed by atoms with Gasteiger partial charge in [-0.25, -0.2) is 0 Å². The van der Waals surface area contributed by atoms with Gasteiger partial charge in [0.2, 0.25) is 0 Å². The quantitative estimate of drug-likeness (QED) is 0.608. The molecular weight excluding hydrogens is 124 g/mol. The van der Waals surface area contributed by atoms with Crippen LogP contribution < -0.4 is 0 Å². The van der Waals surface area contributed by atoms with Crippen molar-refractivity contribution in [2.75, 3.05) is 6.26 Å². The molecule has 1 N–H and O–H groups in total. The average molecular weight is 132 g/mol. The highest BCUT2D eigenvalue weighted by Gasteiger charge is 2.49. The Bertz CT molecular complexity index is 118. The molecule has 3 heteroatoms. The van der Waals surface area contributed by atoms with Gasteiger partial charge in [-0.1, -0.05) is 0 Å². The van der Waals surface area contributed by atoms with E-state index in [-0.39, 0.29) is 4.75 Å². The Morgan fingerprint density at radius 3 is 2.25 bits per heavy atom. The van der Waals surface area contributed by atoms with E-state index in [1.807, 2.05) is 6.26 Å². The first-order chi connectivity index (χ1) is 3.71. The molecule has 0 radical (unpaired) electrons. The van der Waals surface area contributed by atoms with Gasteiger partial charge < -0.3 is 5.11 Å². The standard InChI is InChI=1S/C5H8O2S/c1-8-5(2-3-5)4(6)7/h2-3H2,1H3,(H,6,7). The SMILES string of the molecule is CSC1(C(=O)O)CC1. The first-order valence-corrected chi connectivity index (χ1v) is 3.72. The summed E-state index contributed by atoms with van der Waals surface area (Å²) < 4.78 is -0.375. The van der Waals surface area contributed by atoms with Crippen LogP contribution in [0.1, 0.15) is 12.8 Å². The third-order valence-electron chi connectivity index (χ3n) is 1.48. The van der Waals surface area contributed by atoms with Gasteiger partial charge in [-0.15, -0.1) is 11.8 Å². The van der Waals surface area contributed by atoms with Crippen LogP contribution in [0.15, 0.2) is 0 Å². The topological polar surface area (TPSA) is 37.3 Å². The Morgan fingerprint density at radius 1 is 1.75 bits per heavy atom. The van der Waals surface area contributed by atoms with Gasteiger partial charge in [-0.05, 0) is 19.1 Å². The minimum atomic E-state index is -0.648. The van der Waals surface area contributed by atoms with E-state index in [1.54, 1.807) is 0 Å². The van der Waals surface area contributed by atoms with Crippen molar-refractivity contribution in [2.45, 2.75) is 17.6 Å². The van der Waals surface area contributed by atoms with Crippen LogP contribution in [-0.4, -0.2) is 22.1 Å². The molecule has 0 aromatic carbocycles. The third kappa shape index (κ3) is 0.708. The van der Waals surface area contributed by atoms with Gasteiger partial charge in [0.25, 0.3) is 0 Å². The molecule has 0 aliphatic heterocycles. The molecule has 0 amide bonds. The lowest BCUT2D eigenvalue weighted by molar-refractivity contribution is -0.137. The predicted molar refractivity (Wildman–Crippen MR) is 33.1 cm³/mol. The number of carbonyl (C=O) groups is 1. The Kier molecular flexibility index (Phi) is 1.23. The van der Waals surface area contributed by atoms with Gasteiger partial charge in [0.15, 0.2) is 0 Å². The highest BCUT2D eigenvalue weighted by Crippen LogP contribution is 2.47. The normalized spacial score (nSPS) is 22.6. The number of carboxylic acids is 1. The highest BCUT2D eigenvalue weighted by atomic mass is 32.2. The van der Waals surface area contributed by atoms with Gasteiger partial charge in [0, 0.05) is 0 Å². The predicted octanol–water partition coefficient (Wildman–Crippen LogP) is 0.967. The van der Waals surface area contributed by atoms with Gasteiger partial charge in [-0.3, -0.25) is 4.79 Å². The molecule has 1 fully saturated rings. The van der Waals surface area contributed by atoms with Crippen molar-refractivity contribution in [3.8, 4) is 0 Å². The molecule has 1 saturated carbocycles. The van der Waals surface area contributed by atoms with E-state index >= 15 is 0 Å². The van der Waals surface area contributed by atoms with Gasteiger partial charge >= 0.3 is 5.97 Å². The number of aliphatic carboxylic acids is 1. The number of thioether (sulfide) groups is 1. The van der Waals surface area contributed by atoms with Crippen molar-refractivity contribution in [1.29, 1.82) is 0 Å². The van der Waals surface area contributed by atoms with Crippen molar-refractivity contribution in [2.24, 2.45) is 0 Å². The Balaban J connectivity index is 2.53. The molecule has 0 spiro atoms. The molecule has 1 aliphatic rings. The van der Waals surface area contributed by atoms with Crippen LogP contribution in [0.4, 0.5) is 0 Å². The van der Waals surface area contributed by atoms with Crippen LogP contribution in [0.2, 0.25) is 0 Å². The molecule has 0 aromatic heterocycles. The summed E-state index contributed by atoms with van der Waals surface area (Å²) in [5, 5.41) is 8.48. The molecule has 0 unspecified atom stereocenters. The van der Waals surface area contributed by atoms with Crippen molar-refractivity contribution in [3.63, 3.8) is 0 Å². The summed E-state index contributed by atoms with van der Waals surface area (Å²) in [5.74, 6) is -0.648. The molecule has 2 nitrogen and oxygen atoms in total. The van der Waals surface area contributed by atoms with E-state index in [1.165, 1.54) is 11.8 Å². The highest BCUT2D eigenvalue weighted by molar-refractivity contribution is 8.01. The van der Waals surface area contributed by atoms with E-state index < -0.39 is 5.97 Å². The zero-order valence-corrected chi connectivity index (χ0v) is 5.49. The first-order valence-electron chi connectivity index (χ1n) is 2.50. The minimum absolute atomic E-state index is 0.375. The second-order valence-corrected chi connectivity index (χ2v) is 3.19. The van der Waals surface area contributed by atoms with E-state index in [0.29, 0.717) is 0 Å². The van der Waals surface area contributed by atoms with Crippen LogP contribution in [0, 0.1) is 0 Å². The summed E-state index contributed by atoms with van der Waals surface area (Å²) in [6.45, 7) is 0. The molecule has 0 aromatic rings. The number of carboxylic acid groups (broad SMARTS) is 1. The van der Waals surface area contributed by atoms with Crippen LogP contribution in [0.25, 0.3) is 0 Å². The molecular formula is C5H8O2S. The fourth-order valence-corrected chi connectivity index (χ4v) is 1.30. The van der Waals surface area contributed by atoms with Crippen molar-refractivity contribution < 1.29 is 9.90 Å². The van der Waals surface area contributed by atoms with Gasteiger partial charge in [0.05, 0.1) is 0 Å². The lowest BCUT2D eigenvalue weighted by atomic mass is 10.4. The summed E-state index contributed by atoms with van der Waals surface area (Å²) in [6, 6.07) is 0. The van der Waals surface area contributed by atoms with Crippen LogP contribution >= 0.6 is 11.8 Å².